The van der Waals surface area contributed by atoms with Gasteiger partial charge in [0.1, 0.15) is 0 Å². The number of likely N-dealkylation sites (tertiary alicyclic amines) is 1. The summed E-state index contributed by atoms with van der Waals surface area (Å²) in [6.07, 6.45) is 8.87. The third-order valence-electron chi connectivity index (χ3n) is 7.76. The van der Waals surface area contributed by atoms with Crippen LogP contribution < -0.4 is 0 Å². The zero-order valence-electron chi connectivity index (χ0n) is 20.1. The molecule has 0 spiro atoms. The van der Waals surface area contributed by atoms with Crippen LogP contribution in [0.15, 0.2) is 36.7 Å². The number of nitrogens with zero attached hydrogens (tertiary/aromatic N) is 6. The lowest BCUT2D eigenvalue weighted by atomic mass is 9.90. The maximum absolute atomic E-state index is 13.6. The van der Waals surface area contributed by atoms with E-state index in [0.717, 1.165) is 75.2 Å². The van der Waals surface area contributed by atoms with Gasteiger partial charge in [0.2, 0.25) is 0 Å². The van der Waals surface area contributed by atoms with Crippen LogP contribution >= 0.6 is 0 Å². The van der Waals surface area contributed by atoms with E-state index in [9.17, 15) is 4.79 Å². The van der Waals surface area contributed by atoms with E-state index in [4.69, 9.17) is 9.97 Å². The maximum Gasteiger partial charge on any atom is 0.257 e. The Hall–Kier alpha value is -3.06. The van der Waals surface area contributed by atoms with Crippen LogP contribution in [-0.2, 0) is 12.8 Å². The van der Waals surface area contributed by atoms with E-state index in [1.165, 1.54) is 16.7 Å². The average Bonchev–Trinajstić information content (AvgIpc) is 3.43. The van der Waals surface area contributed by atoms with Crippen molar-refractivity contribution in [2.45, 2.75) is 57.9 Å². The summed E-state index contributed by atoms with van der Waals surface area (Å²) in [4.78, 5) is 27.7. The van der Waals surface area contributed by atoms with Gasteiger partial charge in [-0.1, -0.05) is 38.1 Å². The number of amides is 1. The largest absolute Gasteiger partial charge is 0.337 e. The van der Waals surface area contributed by atoms with Crippen molar-refractivity contribution in [3.63, 3.8) is 0 Å². The molecular formula is C27H32N6O. The summed E-state index contributed by atoms with van der Waals surface area (Å²) in [5.41, 5.74) is 6.40. The van der Waals surface area contributed by atoms with Crippen molar-refractivity contribution >= 4 is 5.91 Å². The number of aromatic nitrogens is 4. The first kappa shape index (κ1) is 21.5. The van der Waals surface area contributed by atoms with E-state index < -0.39 is 0 Å². The molecule has 2 aliphatic carbocycles. The average molecular weight is 457 g/mol. The van der Waals surface area contributed by atoms with Crippen molar-refractivity contribution in [1.82, 2.24) is 29.5 Å². The number of hydrogen-bond acceptors (Lipinski definition) is 5. The first-order valence-electron chi connectivity index (χ1n) is 12.7. The molecule has 0 radical (unpaired) electrons. The number of carbonyl (C=O) groups excluding carboxylic acids is 1. The van der Waals surface area contributed by atoms with Crippen LogP contribution in [0.5, 0.6) is 0 Å². The highest BCUT2D eigenvalue weighted by atomic mass is 16.2. The van der Waals surface area contributed by atoms with Crippen molar-refractivity contribution in [1.29, 1.82) is 0 Å². The number of aryl methyl sites for hydroxylation is 2. The molecule has 1 saturated carbocycles. The molecule has 7 heteroatoms. The van der Waals surface area contributed by atoms with Crippen molar-refractivity contribution in [2.75, 3.05) is 26.2 Å². The smallest absolute Gasteiger partial charge is 0.257 e. The third kappa shape index (κ3) is 3.63. The van der Waals surface area contributed by atoms with Gasteiger partial charge >= 0.3 is 0 Å². The van der Waals surface area contributed by atoms with Gasteiger partial charge in [-0.3, -0.25) is 9.69 Å². The van der Waals surface area contributed by atoms with E-state index >= 15 is 0 Å². The maximum atomic E-state index is 13.6. The predicted octanol–water partition coefficient (Wildman–Crippen LogP) is 3.86. The molecule has 1 aliphatic heterocycles. The predicted molar refractivity (Wildman–Crippen MR) is 131 cm³/mol. The second kappa shape index (κ2) is 8.62. The number of hydrogen-bond donors (Lipinski definition) is 0. The van der Waals surface area contributed by atoms with E-state index in [0.29, 0.717) is 17.9 Å². The summed E-state index contributed by atoms with van der Waals surface area (Å²) in [7, 11) is 0. The number of fused-ring (bicyclic) bond motifs is 3. The minimum Gasteiger partial charge on any atom is -0.337 e. The molecule has 1 saturated heterocycles. The lowest BCUT2D eigenvalue weighted by molar-refractivity contribution is 0.0776. The van der Waals surface area contributed by atoms with Crippen LogP contribution in [0.1, 0.15) is 66.2 Å². The Morgan fingerprint density at radius 1 is 1.06 bits per heavy atom. The fraction of sp³-hybridized carbons (Fsp3) is 0.481. The lowest BCUT2D eigenvalue weighted by Gasteiger charge is -2.26. The molecule has 34 heavy (non-hydrogen) atoms. The molecule has 3 aromatic rings. The van der Waals surface area contributed by atoms with Crippen molar-refractivity contribution < 1.29 is 4.79 Å². The summed E-state index contributed by atoms with van der Waals surface area (Å²) >= 11 is 0. The topological polar surface area (TPSA) is 67.2 Å². The van der Waals surface area contributed by atoms with Crippen LogP contribution in [0.4, 0.5) is 0 Å². The van der Waals surface area contributed by atoms with Crippen molar-refractivity contribution in [2.24, 2.45) is 0 Å². The van der Waals surface area contributed by atoms with Gasteiger partial charge in [-0.15, -0.1) is 0 Å². The van der Waals surface area contributed by atoms with Gasteiger partial charge in [0.25, 0.3) is 11.9 Å². The molecule has 0 N–H and O–H groups in total. The normalized spacial score (nSPS) is 19.4. The standard InChI is InChI=1S/C27H32N6O/c1-3-31(4-2)21-13-14-32(17-21)26(34)23-16-29-33(25(23)19-10-11-19)27-28-15-20-12-9-18-7-5-6-8-22(18)24(20)30-27/h5-8,15-16,19,21H,3-4,9-14,17H2,1-2H3/t21-/m0/s1. The van der Waals surface area contributed by atoms with Crippen molar-refractivity contribution in [3.05, 3.63) is 59.0 Å². The molecule has 6 rings (SSSR count). The Kier molecular flexibility index (Phi) is 5.44. The quantitative estimate of drug-likeness (QED) is 0.563. The highest BCUT2D eigenvalue weighted by molar-refractivity contribution is 5.95. The van der Waals surface area contributed by atoms with Gasteiger partial charge in [-0.2, -0.15) is 5.10 Å². The van der Waals surface area contributed by atoms with Gasteiger partial charge in [-0.25, -0.2) is 14.6 Å². The van der Waals surface area contributed by atoms with Crippen LogP contribution in [0.3, 0.4) is 0 Å². The summed E-state index contributed by atoms with van der Waals surface area (Å²) in [5, 5.41) is 4.67. The fourth-order valence-corrected chi connectivity index (χ4v) is 5.72. The Morgan fingerprint density at radius 2 is 1.85 bits per heavy atom. The summed E-state index contributed by atoms with van der Waals surface area (Å²) in [6, 6.07) is 8.93. The van der Waals surface area contributed by atoms with E-state index in [1.807, 2.05) is 15.8 Å². The highest BCUT2D eigenvalue weighted by Gasteiger charge is 2.37. The SMILES string of the molecule is CCN(CC)[C@H]1CCN(C(=O)c2cnn(-c3ncc4c(n3)-c3ccccc3CC4)c2C2CC2)C1. The van der Waals surface area contributed by atoms with E-state index in [2.05, 4.69) is 48.1 Å². The fourth-order valence-electron chi connectivity index (χ4n) is 5.72. The summed E-state index contributed by atoms with van der Waals surface area (Å²) in [5.74, 6) is 1.03. The van der Waals surface area contributed by atoms with Crippen LogP contribution in [-0.4, -0.2) is 67.7 Å². The Labute approximate surface area is 200 Å². The minimum atomic E-state index is 0.103. The van der Waals surface area contributed by atoms with Crippen LogP contribution in [0.2, 0.25) is 0 Å². The van der Waals surface area contributed by atoms with Gasteiger partial charge < -0.3 is 4.90 Å². The van der Waals surface area contributed by atoms with Gasteiger partial charge in [0.15, 0.2) is 0 Å². The number of likely N-dealkylation sites (N-methyl/N-ethyl adjacent to an activating group) is 1. The molecule has 3 aliphatic rings. The highest BCUT2D eigenvalue weighted by Crippen LogP contribution is 2.43. The third-order valence-corrected chi connectivity index (χ3v) is 7.76. The Morgan fingerprint density at radius 3 is 2.65 bits per heavy atom. The molecule has 2 aromatic heterocycles. The first-order chi connectivity index (χ1) is 16.7. The Bertz CT molecular complexity index is 1230. The van der Waals surface area contributed by atoms with Crippen molar-refractivity contribution in [3.8, 4) is 17.2 Å². The molecule has 1 aromatic carbocycles. The van der Waals surface area contributed by atoms with Gasteiger partial charge in [0, 0.05) is 36.8 Å². The Balaban J connectivity index is 1.33. The zero-order valence-corrected chi connectivity index (χ0v) is 20.1. The van der Waals surface area contributed by atoms with E-state index in [-0.39, 0.29) is 5.91 Å². The van der Waals surface area contributed by atoms with E-state index in [1.54, 1.807) is 6.20 Å². The molecule has 7 nitrogen and oxygen atoms in total. The number of rotatable bonds is 6. The monoisotopic (exact) mass is 456 g/mol. The first-order valence-corrected chi connectivity index (χ1v) is 12.7. The number of benzene rings is 1. The summed E-state index contributed by atoms with van der Waals surface area (Å²) < 4.78 is 1.83. The minimum absolute atomic E-state index is 0.103. The molecule has 1 amide bonds. The molecule has 1 atom stereocenters. The van der Waals surface area contributed by atoms with Crippen LogP contribution in [0, 0.1) is 0 Å². The molecule has 2 fully saturated rings. The second-order valence-corrected chi connectivity index (χ2v) is 9.75. The molecular weight excluding hydrogens is 424 g/mol. The second-order valence-electron chi connectivity index (χ2n) is 9.75. The number of carbonyl (C=O) groups is 1. The molecule has 176 valence electrons. The van der Waals surface area contributed by atoms with Gasteiger partial charge in [-0.05, 0) is 56.3 Å². The lowest BCUT2D eigenvalue weighted by Crippen LogP contribution is -2.38. The molecule has 0 bridgehead atoms. The van der Waals surface area contributed by atoms with Gasteiger partial charge in [0.05, 0.1) is 23.1 Å². The summed E-state index contributed by atoms with van der Waals surface area (Å²) in [6.45, 7) is 8.03. The zero-order chi connectivity index (χ0) is 23.2. The molecule has 3 heterocycles. The molecule has 0 unspecified atom stereocenters. The van der Waals surface area contributed by atoms with Crippen LogP contribution in [0.25, 0.3) is 17.2 Å².